The van der Waals surface area contributed by atoms with Gasteiger partial charge >= 0.3 is 51.4 Å². The van der Waals surface area contributed by atoms with Crippen molar-refractivity contribution < 1.29 is 61.3 Å². The molecule has 11 heavy (non-hydrogen) atoms. The molecule has 0 amide bonds. The van der Waals surface area contributed by atoms with E-state index in [9.17, 15) is 14.7 Å². The molecule has 0 saturated heterocycles. The topological polar surface area (TPSA) is 73.0 Å². The second-order valence-corrected chi connectivity index (χ2v) is 1.73. The Morgan fingerprint density at radius 1 is 1.55 bits per heavy atom. The summed E-state index contributed by atoms with van der Waals surface area (Å²) >= 11 is 0. The van der Waals surface area contributed by atoms with Gasteiger partial charge in [-0.15, -0.1) is 0 Å². The molecule has 0 radical (unpaired) electrons. The van der Waals surface area contributed by atoms with Crippen molar-refractivity contribution in [3.8, 4) is 0 Å². The van der Waals surface area contributed by atoms with E-state index in [2.05, 4.69) is 4.98 Å². The minimum Gasteiger partial charge on any atom is -0.545 e. The zero-order valence-electron chi connectivity index (χ0n) is 5.96. The summed E-state index contributed by atoms with van der Waals surface area (Å²) in [6.45, 7) is 0. The van der Waals surface area contributed by atoms with E-state index in [1.165, 1.54) is 12.3 Å². The first kappa shape index (κ1) is 11.1. The molecule has 0 spiro atoms. The van der Waals surface area contributed by atoms with Crippen molar-refractivity contribution >= 4 is 5.97 Å². The molecule has 0 unspecified atom stereocenters. The Bertz CT molecular complexity index is 307. The number of carboxylic acids is 1. The van der Waals surface area contributed by atoms with Gasteiger partial charge in [-0.25, -0.2) is 0 Å². The predicted octanol–water partition coefficient (Wildman–Crippen LogP) is -4.26. The number of hydrogen-bond donors (Lipinski definition) is 1. The third-order valence-corrected chi connectivity index (χ3v) is 1.01. The maximum atomic E-state index is 10.4. The predicted molar refractivity (Wildman–Crippen MR) is 31.4 cm³/mol. The molecule has 0 saturated carbocycles. The summed E-state index contributed by atoms with van der Waals surface area (Å²) in [5.41, 5.74) is -0.551. The Balaban J connectivity index is 0.000001000. The number of aromatic carboxylic acids is 1. The van der Waals surface area contributed by atoms with Gasteiger partial charge in [-0.3, -0.25) is 4.79 Å². The molecule has 4 nitrogen and oxygen atoms in total. The monoisotopic (exact) mass is 177 g/mol. The molecule has 1 N–H and O–H groups in total. The van der Waals surface area contributed by atoms with Gasteiger partial charge in [0.1, 0.15) is 0 Å². The first-order chi connectivity index (χ1) is 4.70. The molecule has 1 aromatic rings. The second kappa shape index (κ2) is 4.84. The molecule has 0 aliphatic carbocycles. The minimum absolute atomic E-state index is 0. The number of carbonyl (C=O) groups excluding carboxylic acids is 1. The van der Waals surface area contributed by atoms with Crippen molar-refractivity contribution in [3.05, 3.63) is 34.2 Å². The molecule has 1 heterocycles. The van der Waals surface area contributed by atoms with Gasteiger partial charge < -0.3 is 14.9 Å². The fraction of sp³-hybridized carbons (Fsp3) is 0. The minimum atomic E-state index is -1.34. The quantitative estimate of drug-likeness (QED) is 0.441. The van der Waals surface area contributed by atoms with E-state index in [0.29, 0.717) is 0 Å². The Morgan fingerprint density at radius 2 is 2.18 bits per heavy atom. The average molecular weight is 177 g/mol. The van der Waals surface area contributed by atoms with E-state index in [0.717, 1.165) is 6.07 Å². The van der Waals surface area contributed by atoms with Crippen LogP contribution in [0, 0.1) is 0 Å². The molecule has 0 atom stereocenters. The smallest absolute Gasteiger partial charge is 0.545 e. The Kier molecular flexibility index (Phi) is 4.86. The number of carboxylic acid groups (broad SMARTS) is 1. The van der Waals surface area contributed by atoms with Gasteiger partial charge in [0, 0.05) is 17.8 Å². The fourth-order valence-corrected chi connectivity index (χ4v) is 0.572. The van der Waals surface area contributed by atoms with Gasteiger partial charge in [-0.05, 0) is 6.07 Å². The number of aromatic nitrogens is 1. The summed E-state index contributed by atoms with van der Waals surface area (Å²) in [6, 6.07) is 2.23. The van der Waals surface area contributed by atoms with Gasteiger partial charge in [0.2, 0.25) is 5.56 Å². The van der Waals surface area contributed by atoms with E-state index in [1.807, 2.05) is 0 Å². The molecule has 52 valence electrons. The summed E-state index contributed by atoms with van der Waals surface area (Å²) in [4.78, 5) is 22.8. The van der Waals surface area contributed by atoms with Crippen LogP contribution in [0.5, 0.6) is 0 Å². The van der Waals surface area contributed by atoms with Crippen molar-refractivity contribution in [3.63, 3.8) is 0 Å². The number of rotatable bonds is 1. The van der Waals surface area contributed by atoms with Crippen LogP contribution in [0.1, 0.15) is 10.4 Å². The largest absolute Gasteiger partial charge is 1.00 e. The summed E-state index contributed by atoms with van der Waals surface area (Å²) in [5, 5.41) is 10.1. The van der Waals surface area contributed by atoms with E-state index >= 15 is 0 Å². The third-order valence-electron chi connectivity index (χ3n) is 1.01. The number of aromatic amines is 1. The van der Waals surface area contributed by atoms with Crippen LogP contribution < -0.4 is 62.1 Å². The van der Waals surface area contributed by atoms with Gasteiger partial charge in [-0.1, -0.05) is 0 Å². The SMILES string of the molecule is O=C([O-])c1cc[nH]c(=O)c1.[K+]. The van der Waals surface area contributed by atoms with E-state index in [-0.39, 0.29) is 56.9 Å². The average Bonchev–Trinajstić information content (AvgIpc) is 1.88. The van der Waals surface area contributed by atoms with Crippen LogP contribution in [0.25, 0.3) is 0 Å². The van der Waals surface area contributed by atoms with Crippen LogP contribution in [0.4, 0.5) is 0 Å². The maximum absolute atomic E-state index is 10.4. The summed E-state index contributed by atoms with van der Waals surface area (Å²) in [7, 11) is 0. The van der Waals surface area contributed by atoms with Crippen LogP contribution >= 0.6 is 0 Å². The van der Waals surface area contributed by atoms with Crippen LogP contribution in [0.15, 0.2) is 23.1 Å². The molecule has 0 bridgehead atoms. The summed E-state index contributed by atoms with van der Waals surface area (Å²) in [5.74, 6) is -1.34. The Hall–Kier alpha value is 0.0564. The Labute approximate surface area is 105 Å². The molecule has 0 fully saturated rings. The molecule has 0 aliphatic rings. The van der Waals surface area contributed by atoms with E-state index < -0.39 is 11.5 Å². The zero-order chi connectivity index (χ0) is 7.56. The van der Waals surface area contributed by atoms with Crippen molar-refractivity contribution in [1.29, 1.82) is 0 Å². The molecule has 0 aromatic carbocycles. The van der Waals surface area contributed by atoms with Crippen molar-refractivity contribution in [2.24, 2.45) is 0 Å². The maximum Gasteiger partial charge on any atom is 1.00 e. The van der Waals surface area contributed by atoms with Gasteiger partial charge in [0.15, 0.2) is 0 Å². The zero-order valence-corrected chi connectivity index (χ0v) is 9.08. The van der Waals surface area contributed by atoms with Crippen molar-refractivity contribution in [2.45, 2.75) is 0 Å². The van der Waals surface area contributed by atoms with Crippen LogP contribution in [0.3, 0.4) is 0 Å². The van der Waals surface area contributed by atoms with Gasteiger partial charge in [0.05, 0.1) is 5.97 Å². The first-order valence-corrected chi connectivity index (χ1v) is 2.60. The molecule has 5 heteroatoms. The fourth-order valence-electron chi connectivity index (χ4n) is 0.572. The number of pyridine rings is 1. The van der Waals surface area contributed by atoms with E-state index in [4.69, 9.17) is 0 Å². The Morgan fingerprint density at radius 3 is 2.55 bits per heavy atom. The van der Waals surface area contributed by atoms with Gasteiger partial charge in [-0.2, -0.15) is 0 Å². The molecule has 0 aliphatic heterocycles. The third kappa shape index (κ3) is 3.30. The van der Waals surface area contributed by atoms with Crippen LogP contribution in [-0.4, -0.2) is 11.0 Å². The van der Waals surface area contributed by atoms with Crippen LogP contribution in [0.2, 0.25) is 0 Å². The number of carbonyl (C=O) groups is 1. The van der Waals surface area contributed by atoms with Crippen molar-refractivity contribution in [1.82, 2.24) is 4.98 Å². The number of hydrogen-bond acceptors (Lipinski definition) is 3. The van der Waals surface area contributed by atoms with E-state index in [1.54, 1.807) is 0 Å². The normalized spacial score (nSPS) is 8.36. The van der Waals surface area contributed by atoms with Crippen LogP contribution in [-0.2, 0) is 0 Å². The summed E-state index contributed by atoms with van der Waals surface area (Å²) in [6.07, 6.45) is 1.26. The second-order valence-electron chi connectivity index (χ2n) is 1.73. The summed E-state index contributed by atoms with van der Waals surface area (Å²) < 4.78 is 0. The molecular formula is C6H4KNO3. The molecular weight excluding hydrogens is 173 g/mol. The standard InChI is InChI=1S/C6H5NO3.K/c8-5-3-4(6(9)10)1-2-7-5;/h1-3H,(H,7,8)(H,9,10);/q;+1/p-1. The number of H-pyrrole nitrogens is 1. The first-order valence-electron chi connectivity index (χ1n) is 2.60. The number of nitrogens with one attached hydrogen (secondary N) is 1. The van der Waals surface area contributed by atoms with Gasteiger partial charge in [0.25, 0.3) is 0 Å². The van der Waals surface area contributed by atoms with Crippen molar-refractivity contribution in [2.75, 3.05) is 0 Å². The molecule has 1 rings (SSSR count). The molecule has 1 aromatic heterocycles.